The van der Waals surface area contributed by atoms with Gasteiger partial charge in [-0.2, -0.15) is 0 Å². The molecule has 0 N–H and O–H groups in total. The lowest BCUT2D eigenvalue weighted by atomic mass is 10.3. The van der Waals surface area contributed by atoms with Gasteiger partial charge in [0, 0.05) is 32.7 Å². The van der Waals surface area contributed by atoms with Crippen molar-refractivity contribution in [1.82, 2.24) is 19.4 Å². The third-order valence-electron chi connectivity index (χ3n) is 3.30. The number of nitro groups is 1. The van der Waals surface area contributed by atoms with Gasteiger partial charge < -0.3 is 15.0 Å². The monoisotopic (exact) mass is 271 g/mol. The summed E-state index contributed by atoms with van der Waals surface area (Å²) in [6.07, 6.45) is 1.63. The lowest BCUT2D eigenvalue weighted by Gasteiger charge is -2.32. The summed E-state index contributed by atoms with van der Waals surface area (Å²) >= 11 is 0. The summed E-state index contributed by atoms with van der Waals surface area (Å²) in [6.45, 7) is 3.81. The number of hydrogen-bond donors (Lipinski definition) is 0. The van der Waals surface area contributed by atoms with Gasteiger partial charge in [-0.3, -0.25) is 4.90 Å². The number of aromatic nitrogens is 2. The van der Waals surface area contributed by atoms with Crippen LogP contribution in [0, 0.1) is 10.1 Å². The molecule has 2 rings (SSSR count). The molecule has 0 aliphatic carbocycles. The summed E-state index contributed by atoms with van der Waals surface area (Å²) in [5, 5.41) is 10.7. The second-order valence-corrected chi connectivity index (χ2v) is 4.84. The number of piperazine rings is 1. The predicted molar refractivity (Wildman–Crippen MR) is 67.7 cm³/mol. The highest BCUT2D eigenvalue weighted by molar-refractivity contribution is 5.06. The van der Waals surface area contributed by atoms with Gasteiger partial charge >= 0.3 is 5.95 Å². The highest BCUT2D eigenvalue weighted by atomic mass is 19.1. The van der Waals surface area contributed by atoms with Crippen LogP contribution in [0.5, 0.6) is 0 Å². The average Bonchev–Trinajstić information content (AvgIpc) is 2.80. The molecule has 1 aromatic rings. The molecule has 1 aromatic heterocycles. The molecule has 8 heteroatoms. The van der Waals surface area contributed by atoms with Gasteiger partial charge in [0.05, 0.1) is 0 Å². The summed E-state index contributed by atoms with van der Waals surface area (Å²) in [7, 11) is 2.04. The van der Waals surface area contributed by atoms with Gasteiger partial charge in [0.15, 0.2) is 0 Å². The van der Waals surface area contributed by atoms with Crippen molar-refractivity contribution in [2.45, 2.75) is 12.7 Å². The van der Waals surface area contributed by atoms with Crippen molar-refractivity contribution >= 4 is 5.95 Å². The number of hydrogen-bond acceptors (Lipinski definition) is 5. The first-order valence-corrected chi connectivity index (χ1v) is 6.26. The van der Waals surface area contributed by atoms with Crippen molar-refractivity contribution in [3.63, 3.8) is 0 Å². The zero-order valence-electron chi connectivity index (χ0n) is 10.9. The largest absolute Gasteiger partial charge is 0.434 e. The van der Waals surface area contributed by atoms with E-state index in [0.29, 0.717) is 6.54 Å². The summed E-state index contributed by atoms with van der Waals surface area (Å²) in [4.78, 5) is 17.9. The predicted octanol–water partition coefficient (Wildman–Crippen LogP) is 0.377. The molecule has 7 nitrogen and oxygen atoms in total. The molecule has 106 valence electrons. The third-order valence-corrected chi connectivity index (χ3v) is 3.30. The Bertz CT molecular complexity index is 430. The fraction of sp³-hybridized carbons (Fsp3) is 0.727. The number of nitrogens with zero attached hydrogens (tertiary/aromatic N) is 5. The molecule has 0 radical (unpaired) electrons. The van der Waals surface area contributed by atoms with Crippen molar-refractivity contribution in [3.05, 3.63) is 22.5 Å². The molecule has 1 atom stereocenters. The Morgan fingerprint density at radius 1 is 1.42 bits per heavy atom. The lowest BCUT2D eigenvalue weighted by molar-refractivity contribution is -0.396. The molecule has 1 aliphatic heterocycles. The van der Waals surface area contributed by atoms with Gasteiger partial charge in [-0.05, 0) is 12.0 Å². The van der Waals surface area contributed by atoms with Crippen LogP contribution in [-0.4, -0.2) is 70.2 Å². The van der Waals surface area contributed by atoms with Crippen LogP contribution < -0.4 is 0 Å². The quantitative estimate of drug-likeness (QED) is 0.572. The molecular formula is C11H18FN5O2. The van der Waals surface area contributed by atoms with Gasteiger partial charge in [-0.15, -0.1) is 0 Å². The van der Waals surface area contributed by atoms with E-state index in [0.717, 1.165) is 26.2 Å². The number of alkyl halides is 1. The molecule has 1 fully saturated rings. The van der Waals surface area contributed by atoms with Crippen LogP contribution in [0.4, 0.5) is 10.3 Å². The fourth-order valence-electron chi connectivity index (χ4n) is 2.20. The van der Waals surface area contributed by atoms with Crippen LogP contribution in [0.15, 0.2) is 12.4 Å². The van der Waals surface area contributed by atoms with Crippen LogP contribution >= 0.6 is 0 Å². The van der Waals surface area contributed by atoms with Crippen LogP contribution in [-0.2, 0) is 6.54 Å². The Kier molecular flexibility index (Phi) is 4.43. The zero-order valence-corrected chi connectivity index (χ0v) is 10.9. The Morgan fingerprint density at radius 3 is 2.74 bits per heavy atom. The van der Waals surface area contributed by atoms with E-state index < -0.39 is 11.1 Å². The normalized spacial score (nSPS) is 19.5. The van der Waals surface area contributed by atoms with Crippen molar-refractivity contribution in [3.8, 4) is 0 Å². The van der Waals surface area contributed by atoms with Crippen molar-refractivity contribution < 1.29 is 9.31 Å². The minimum Gasteiger partial charge on any atom is -0.390 e. The van der Waals surface area contributed by atoms with E-state index in [9.17, 15) is 14.5 Å². The highest BCUT2D eigenvalue weighted by Gasteiger charge is 2.22. The van der Waals surface area contributed by atoms with Crippen LogP contribution in [0.1, 0.15) is 0 Å². The summed E-state index contributed by atoms with van der Waals surface area (Å²) in [5.74, 6) is -0.305. The van der Waals surface area contributed by atoms with Gasteiger partial charge in [-0.1, -0.05) is 4.98 Å². The second-order valence-electron chi connectivity index (χ2n) is 4.84. The number of halogens is 1. The standard InChI is InChI=1S/C11H18FN5O2/c1-14-4-6-15(7-5-14)8-10(12)9-16-3-2-13-11(16)17(18)19/h2-3,10H,4-9H2,1H3. The molecule has 0 amide bonds. The SMILES string of the molecule is CN1CCN(CC(F)Cn2ccnc2[N+](=O)[O-])CC1. The molecule has 1 aliphatic rings. The van der Waals surface area contributed by atoms with E-state index in [-0.39, 0.29) is 12.5 Å². The lowest BCUT2D eigenvalue weighted by Crippen LogP contribution is -2.46. The highest BCUT2D eigenvalue weighted by Crippen LogP contribution is 2.11. The maximum Gasteiger partial charge on any atom is 0.434 e. The van der Waals surface area contributed by atoms with Crippen LogP contribution in [0.25, 0.3) is 0 Å². The summed E-state index contributed by atoms with van der Waals surface area (Å²) < 4.78 is 15.2. The minimum absolute atomic E-state index is 0.0251. The van der Waals surface area contributed by atoms with Gasteiger partial charge in [0.2, 0.25) is 0 Å². The first kappa shape index (κ1) is 13.9. The fourth-order valence-corrected chi connectivity index (χ4v) is 2.20. The van der Waals surface area contributed by atoms with E-state index in [1.165, 1.54) is 17.0 Å². The van der Waals surface area contributed by atoms with E-state index in [1.54, 1.807) is 0 Å². The third kappa shape index (κ3) is 3.71. The molecule has 2 heterocycles. The average molecular weight is 271 g/mol. The van der Waals surface area contributed by atoms with Crippen molar-refractivity contribution in [2.24, 2.45) is 0 Å². The van der Waals surface area contributed by atoms with Crippen LogP contribution in [0.2, 0.25) is 0 Å². The van der Waals surface area contributed by atoms with Crippen molar-refractivity contribution in [1.29, 1.82) is 0 Å². The number of likely N-dealkylation sites (N-methyl/N-ethyl adjacent to an activating group) is 1. The molecule has 19 heavy (non-hydrogen) atoms. The van der Waals surface area contributed by atoms with E-state index in [1.807, 2.05) is 11.9 Å². The summed E-state index contributed by atoms with van der Waals surface area (Å²) in [6, 6.07) is 0. The topological polar surface area (TPSA) is 67.4 Å². The molecule has 0 bridgehead atoms. The Labute approximate surface area is 110 Å². The summed E-state index contributed by atoms with van der Waals surface area (Å²) in [5.41, 5.74) is 0. The minimum atomic E-state index is -1.13. The first-order chi connectivity index (χ1) is 9.06. The molecule has 1 unspecified atom stereocenters. The Morgan fingerprint density at radius 2 is 2.11 bits per heavy atom. The van der Waals surface area contributed by atoms with Crippen molar-refractivity contribution in [2.75, 3.05) is 39.8 Å². The maximum atomic E-state index is 14.0. The van der Waals surface area contributed by atoms with Gasteiger partial charge in [0.1, 0.15) is 25.1 Å². The molecule has 0 spiro atoms. The maximum absolute atomic E-state index is 14.0. The van der Waals surface area contributed by atoms with Gasteiger partial charge in [-0.25, -0.2) is 8.96 Å². The van der Waals surface area contributed by atoms with E-state index in [2.05, 4.69) is 9.88 Å². The smallest absolute Gasteiger partial charge is 0.390 e. The van der Waals surface area contributed by atoms with Crippen LogP contribution in [0.3, 0.4) is 0 Å². The van der Waals surface area contributed by atoms with Gasteiger partial charge in [0.25, 0.3) is 0 Å². The number of rotatable bonds is 5. The second kappa shape index (κ2) is 6.07. The molecule has 1 saturated heterocycles. The Hall–Kier alpha value is -1.54. The molecule has 0 saturated carbocycles. The Balaban J connectivity index is 1.85. The van der Waals surface area contributed by atoms with E-state index in [4.69, 9.17) is 0 Å². The zero-order chi connectivity index (χ0) is 13.8. The first-order valence-electron chi connectivity index (χ1n) is 6.26. The molecular weight excluding hydrogens is 253 g/mol. The van der Waals surface area contributed by atoms with E-state index >= 15 is 0 Å². The number of imidazole rings is 1. The molecule has 0 aromatic carbocycles.